The van der Waals surface area contributed by atoms with Gasteiger partial charge < -0.3 is 11.1 Å². The minimum absolute atomic E-state index is 0.0562. The van der Waals surface area contributed by atoms with Gasteiger partial charge in [-0.05, 0) is 12.5 Å². The van der Waals surface area contributed by atoms with Crippen LogP contribution in [0.5, 0.6) is 0 Å². The summed E-state index contributed by atoms with van der Waals surface area (Å²) in [7, 11) is 0. The monoisotopic (exact) mass is 220 g/mol. The molecule has 0 aliphatic heterocycles. The van der Waals surface area contributed by atoms with Crippen molar-refractivity contribution in [3.05, 3.63) is 34.6 Å². The molecule has 0 saturated heterocycles. The second-order valence-electron chi connectivity index (χ2n) is 3.69. The van der Waals surface area contributed by atoms with Crippen LogP contribution >= 0.6 is 0 Å². The normalized spacial score (nSPS) is 23.3. The van der Waals surface area contributed by atoms with Gasteiger partial charge >= 0.3 is 0 Å². The maximum atomic E-state index is 11.7. The lowest BCUT2D eigenvalue weighted by Gasteiger charge is -2.09. The molecule has 0 fully saturated rings. The highest BCUT2D eigenvalue weighted by Gasteiger charge is 2.22. The third kappa shape index (κ3) is 2.34. The van der Waals surface area contributed by atoms with E-state index in [0.29, 0.717) is 12.2 Å². The number of hydrogen-bond acceptors (Lipinski definition) is 4. The van der Waals surface area contributed by atoms with Gasteiger partial charge in [-0.1, -0.05) is 12.2 Å². The molecule has 0 bridgehead atoms. The number of carbonyl (C=O) groups excluding carboxylic acids is 1. The number of aromatic amines is 1. The van der Waals surface area contributed by atoms with Crippen LogP contribution in [0, 0.1) is 5.92 Å². The van der Waals surface area contributed by atoms with Gasteiger partial charge in [0.2, 0.25) is 5.91 Å². The Hall–Kier alpha value is -1.95. The van der Waals surface area contributed by atoms with Crippen molar-refractivity contribution in [2.45, 2.75) is 12.5 Å². The average molecular weight is 220 g/mol. The smallest absolute Gasteiger partial charge is 0.264 e. The van der Waals surface area contributed by atoms with Crippen molar-refractivity contribution < 1.29 is 4.79 Å². The summed E-state index contributed by atoms with van der Waals surface area (Å²) in [4.78, 5) is 22.4. The number of carbonyl (C=O) groups is 1. The third-order valence-corrected chi connectivity index (χ3v) is 2.38. The van der Waals surface area contributed by atoms with E-state index < -0.39 is 0 Å². The molecule has 0 saturated carbocycles. The molecular weight excluding hydrogens is 208 g/mol. The Morgan fingerprint density at radius 1 is 1.50 bits per heavy atom. The first-order chi connectivity index (χ1) is 7.65. The zero-order valence-corrected chi connectivity index (χ0v) is 8.51. The van der Waals surface area contributed by atoms with Crippen molar-refractivity contribution in [2.75, 3.05) is 5.32 Å². The topological polar surface area (TPSA) is 101 Å². The molecule has 0 spiro atoms. The summed E-state index contributed by atoms with van der Waals surface area (Å²) in [6.07, 6.45) is 4.20. The lowest BCUT2D eigenvalue weighted by atomic mass is 10.1. The number of nitrogens with two attached hydrogens (primary N) is 1. The van der Waals surface area contributed by atoms with Gasteiger partial charge in [0.25, 0.3) is 5.56 Å². The maximum Gasteiger partial charge on any atom is 0.264 e. The van der Waals surface area contributed by atoms with Gasteiger partial charge in [-0.3, -0.25) is 9.59 Å². The van der Waals surface area contributed by atoms with Gasteiger partial charge in [-0.15, -0.1) is 0 Å². The SMILES string of the molecule is NC1C=CC(C(=O)Nc2ccc(=O)[nH]n2)C1. The lowest BCUT2D eigenvalue weighted by Crippen LogP contribution is -2.24. The number of nitrogens with zero attached hydrogens (tertiary/aromatic N) is 1. The van der Waals surface area contributed by atoms with Gasteiger partial charge in [-0.25, -0.2) is 5.10 Å². The third-order valence-electron chi connectivity index (χ3n) is 2.38. The van der Waals surface area contributed by atoms with E-state index in [4.69, 9.17) is 5.73 Å². The number of nitrogens with one attached hydrogen (secondary N) is 2. The highest BCUT2D eigenvalue weighted by atomic mass is 16.2. The quantitative estimate of drug-likeness (QED) is 0.591. The zero-order chi connectivity index (χ0) is 11.5. The van der Waals surface area contributed by atoms with E-state index in [1.807, 2.05) is 6.08 Å². The van der Waals surface area contributed by atoms with E-state index in [-0.39, 0.29) is 23.4 Å². The van der Waals surface area contributed by atoms with E-state index in [0.717, 1.165) is 0 Å². The summed E-state index contributed by atoms with van der Waals surface area (Å²) in [6, 6.07) is 2.70. The molecule has 1 aromatic heterocycles. The molecule has 1 aliphatic rings. The molecule has 16 heavy (non-hydrogen) atoms. The molecule has 6 heteroatoms. The molecule has 1 aliphatic carbocycles. The summed E-state index contributed by atoms with van der Waals surface area (Å²) in [5.41, 5.74) is 5.34. The predicted molar refractivity (Wildman–Crippen MR) is 58.7 cm³/mol. The van der Waals surface area contributed by atoms with Crippen molar-refractivity contribution in [3.63, 3.8) is 0 Å². The van der Waals surface area contributed by atoms with Crippen LogP contribution in [0.15, 0.2) is 29.1 Å². The number of amides is 1. The Bertz CT molecular complexity index is 459. The molecule has 1 heterocycles. The van der Waals surface area contributed by atoms with Gasteiger partial charge in [0, 0.05) is 12.1 Å². The van der Waals surface area contributed by atoms with Crippen LogP contribution in [-0.4, -0.2) is 22.1 Å². The first-order valence-electron chi connectivity index (χ1n) is 4.95. The fourth-order valence-electron chi connectivity index (χ4n) is 1.55. The molecule has 1 aromatic rings. The zero-order valence-electron chi connectivity index (χ0n) is 8.51. The molecule has 2 atom stereocenters. The molecule has 4 N–H and O–H groups in total. The van der Waals surface area contributed by atoms with Crippen LogP contribution < -0.4 is 16.6 Å². The van der Waals surface area contributed by atoms with Crippen LogP contribution in [-0.2, 0) is 4.79 Å². The van der Waals surface area contributed by atoms with Crippen molar-refractivity contribution >= 4 is 11.7 Å². The van der Waals surface area contributed by atoms with E-state index in [1.54, 1.807) is 6.08 Å². The van der Waals surface area contributed by atoms with Crippen molar-refractivity contribution in [1.29, 1.82) is 0 Å². The number of H-pyrrole nitrogens is 1. The van der Waals surface area contributed by atoms with E-state index in [9.17, 15) is 9.59 Å². The molecule has 1 amide bonds. The van der Waals surface area contributed by atoms with Crippen LogP contribution in [0.25, 0.3) is 0 Å². The Kier molecular flexibility index (Phi) is 2.82. The average Bonchev–Trinajstić information content (AvgIpc) is 2.68. The number of aromatic nitrogens is 2. The van der Waals surface area contributed by atoms with E-state index in [2.05, 4.69) is 15.5 Å². The first kappa shape index (κ1) is 10.6. The molecule has 6 nitrogen and oxygen atoms in total. The Morgan fingerprint density at radius 3 is 2.88 bits per heavy atom. The minimum atomic E-state index is -0.305. The largest absolute Gasteiger partial charge is 0.324 e. The van der Waals surface area contributed by atoms with E-state index in [1.165, 1.54) is 12.1 Å². The molecular formula is C10H12N4O2. The minimum Gasteiger partial charge on any atom is -0.324 e. The maximum absolute atomic E-state index is 11.7. The predicted octanol–water partition coefficient (Wildman–Crippen LogP) is -0.388. The summed E-state index contributed by atoms with van der Waals surface area (Å²) < 4.78 is 0. The molecule has 0 radical (unpaired) electrons. The Labute approximate surface area is 91.5 Å². The second kappa shape index (κ2) is 4.28. The van der Waals surface area contributed by atoms with Crippen LogP contribution in [0.1, 0.15) is 6.42 Å². The van der Waals surface area contributed by atoms with Gasteiger partial charge in [0.05, 0.1) is 5.92 Å². The number of anilines is 1. The van der Waals surface area contributed by atoms with Crippen molar-refractivity contribution in [3.8, 4) is 0 Å². The Morgan fingerprint density at radius 2 is 2.31 bits per heavy atom. The van der Waals surface area contributed by atoms with Crippen LogP contribution in [0.2, 0.25) is 0 Å². The highest BCUT2D eigenvalue weighted by Crippen LogP contribution is 2.17. The van der Waals surface area contributed by atoms with Gasteiger partial charge in [0.1, 0.15) is 0 Å². The van der Waals surface area contributed by atoms with Crippen molar-refractivity contribution in [2.24, 2.45) is 11.7 Å². The molecule has 84 valence electrons. The lowest BCUT2D eigenvalue weighted by molar-refractivity contribution is -0.118. The summed E-state index contributed by atoms with van der Waals surface area (Å²) in [5, 5.41) is 8.53. The molecule has 0 aromatic carbocycles. The molecule has 2 unspecified atom stereocenters. The van der Waals surface area contributed by atoms with E-state index >= 15 is 0 Å². The summed E-state index contributed by atoms with van der Waals surface area (Å²) >= 11 is 0. The molecule has 2 rings (SSSR count). The number of hydrogen-bond donors (Lipinski definition) is 3. The second-order valence-corrected chi connectivity index (χ2v) is 3.69. The highest BCUT2D eigenvalue weighted by molar-refractivity contribution is 5.93. The van der Waals surface area contributed by atoms with Crippen molar-refractivity contribution in [1.82, 2.24) is 10.2 Å². The summed E-state index contributed by atoms with van der Waals surface area (Å²) in [6.45, 7) is 0. The van der Waals surface area contributed by atoms with Crippen LogP contribution in [0.4, 0.5) is 5.82 Å². The van der Waals surface area contributed by atoms with Gasteiger partial charge in [0.15, 0.2) is 5.82 Å². The fourth-order valence-corrected chi connectivity index (χ4v) is 1.55. The van der Waals surface area contributed by atoms with Crippen LogP contribution in [0.3, 0.4) is 0 Å². The number of rotatable bonds is 2. The van der Waals surface area contributed by atoms with Gasteiger partial charge in [-0.2, -0.15) is 5.10 Å². The Balaban J connectivity index is 2.00. The standard InChI is InChI=1S/C10H12N4O2/c11-7-2-1-6(5-7)10(16)12-8-3-4-9(15)14-13-8/h1-4,6-7H,5,11H2,(H,14,15)(H,12,13,16). The summed E-state index contributed by atoms with van der Waals surface area (Å²) in [5.74, 6) is -0.0500. The first-order valence-corrected chi connectivity index (χ1v) is 4.95. The fraction of sp³-hybridized carbons (Fsp3) is 0.300.